The number of aliphatic hydroxyl groups is 1. The summed E-state index contributed by atoms with van der Waals surface area (Å²) in [5.41, 5.74) is 1.06. The Bertz CT molecular complexity index is 282. The molecule has 0 bridgehead atoms. The Morgan fingerprint density at radius 1 is 1.83 bits per heavy atom. The smallest absolute Gasteiger partial charge is 0.341 e. The summed E-state index contributed by atoms with van der Waals surface area (Å²) in [5.74, 6) is -0.707. The topological polar surface area (TPSA) is 75.2 Å². The van der Waals surface area contributed by atoms with E-state index in [0.29, 0.717) is 0 Å². The van der Waals surface area contributed by atoms with Crippen molar-refractivity contribution in [2.24, 2.45) is 0 Å². The normalized spacial score (nSPS) is 12.6. The minimum atomic E-state index is -1.29. The molecule has 12 heavy (non-hydrogen) atoms. The van der Waals surface area contributed by atoms with Crippen molar-refractivity contribution in [1.29, 1.82) is 0 Å². The molecule has 0 aliphatic rings. The lowest BCUT2D eigenvalue weighted by molar-refractivity contribution is -0.150. The van der Waals surface area contributed by atoms with Gasteiger partial charge in [-0.1, -0.05) is 0 Å². The summed E-state index contributed by atoms with van der Waals surface area (Å²) < 4.78 is 4.33. The van der Waals surface area contributed by atoms with Gasteiger partial charge in [-0.05, 0) is 13.0 Å². The van der Waals surface area contributed by atoms with Gasteiger partial charge in [-0.15, -0.1) is 0 Å². The minimum absolute atomic E-state index is 0.277. The molecule has 1 aromatic heterocycles. The molecule has 2 N–H and O–H groups in total. The molecule has 0 radical (unpaired) electrons. The van der Waals surface area contributed by atoms with Gasteiger partial charge in [-0.3, -0.25) is 5.10 Å². The molecule has 5 nitrogen and oxygen atoms in total. The van der Waals surface area contributed by atoms with E-state index < -0.39 is 12.1 Å². The van der Waals surface area contributed by atoms with Gasteiger partial charge in [0, 0.05) is 5.69 Å². The van der Waals surface area contributed by atoms with Gasteiger partial charge in [0.1, 0.15) is 5.69 Å². The largest absolute Gasteiger partial charge is 0.467 e. The van der Waals surface area contributed by atoms with Crippen LogP contribution in [0.25, 0.3) is 0 Å². The Hall–Kier alpha value is -1.36. The van der Waals surface area contributed by atoms with Crippen molar-refractivity contribution in [2.45, 2.75) is 13.0 Å². The summed E-state index contributed by atoms with van der Waals surface area (Å²) in [6.45, 7) is 1.78. The number of carbonyl (C=O) groups excluding carboxylic acids is 1. The quantitative estimate of drug-likeness (QED) is 0.609. The number of H-pyrrole nitrogens is 1. The molecule has 0 aromatic carbocycles. The van der Waals surface area contributed by atoms with Gasteiger partial charge in [0.25, 0.3) is 0 Å². The van der Waals surface area contributed by atoms with Crippen molar-refractivity contribution in [3.63, 3.8) is 0 Å². The van der Waals surface area contributed by atoms with Crippen LogP contribution in [0.3, 0.4) is 0 Å². The zero-order valence-electron chi connectivity index (χ0n) is 6.87. The summed E-state index contributed by atoms with van der Waals surface area (Å²) in [7, 11) is 1.21. The second-order valence-electron chi connectivity index (χ2n) is 2.40. The molecule has 0 saturated heterocycles. The average Bonchev–Trinajstić information content (AvgIpc) is 2.49. The molecule has 1 unspecified atom stereocenters. The van der Waals surface area contributed by atoms with Crippen molar-refractivity contribution in [3.05, 3.63) is 17.5 Å². The molecule has 5 heteroatoms. The van der Waals surface area contributed by atoms with Crippen LogP contribution >= 0.6 is 0 Å². The lowest BCUT2D eigenvalue weighted by Crippen LogP contribution is -2.13. The first-order valence-corrected chi connectivity index (χ1v) is 3.43. The van der Waals surface area contributed by atoms with Crippen LogP contribution in [0, 0.1) is 6.92 Å². The lowest BCUT2D eigenvalue weighted by atomic mass is 10.2. The van der Waals surface area contributed by atoms with Crippen LogP contribution in [-0.2, 0) is 9.53 Å². The number of esters is 1. The molecule has 1 rings (SSSR count). The van der Waals surface area contributed by atoms with Crippen molar-refractivity contribution in [3.8, 4) is 0 Å². The number of nitrogens with one attached hydrogen (secondary N) is 1. The molecule has 1 aromatic rings. The monoisotopic (exact) mass is 170 g/mol. The number of rotatable bonds is 2. The predicted octanol–water partition coefficient (Wildman–Crippen LogP) is -0.0755. The Morgan fingerprint density at radius 3 is 2.92 bits per heavy atom. The fourth-order valence-corrected chi connectivity index (χ4v) is 0.812. The Balaban J connectivity index is 2.77. The first-order valence-electron chi connectivity index (χ1n) is 3.43. The lowest BCUT2D eigenvalue weighted by Gasteiger charge is -2.02. The van der Waals surface area contributed by atoms with Crippen LogP contribution in [0.15, 0.2) is 6.07 Å². The maximum Gasteiger partial charge on any atom is 0.341 e. The van der Waals surface area contributed by atoms with E-state index in [0.717, 1.165) is 5.69 Å². The molecule has 0 fully saturated rings. The van der Waals surface area contributed by atoms with E-state index in [9.17, 15) is 9.90 Å². The average molecular weight is 170 g/mol. The molecule has 66 valence electrons. The number of nitrogens with zero attached hydrogens (tertiary/aromatic N) is 1. The third kappa shape index (κ3) is 1.62. The first kappa shape index (κ1) is 8.73. The van der Waals surface area contributed by atoms with Gasteiger partial charge in [-0.2, -0.15) is 5.10 Å². The van der Waals surface area contributed by atoms with Gasteiger partial charge in [0.2, 0.25) is 0 Å². The van der Waals surface area contributed by atoms with E-state index in [1.54, 1.807) is 13.0 Å². The summed E-state index contributed by atoms with van der Waals surface area (Å²) in [5, 5.41) is 15.6. The maximum absolute atomic E-state index is 10.8. The van der Waals surface area contributed by atoms with Gasteiger partial charge >= 0.3 is 5.97 Å². The number of aryl methyl sites for hydroxylation is 1. The molecule has 1 atom stereocenters. The van der Waals surface area contributed by atoms with Crippen molar-refractivity contribution in [1.82, 2.24) is 10.2 Å². The Labute approximate surface area is 69.4 Å². The van der Waals surface area contributed by atoms with Gasteiger partial charge in [0.05, 0.1) is 7.11 Å². The number of hydrogen-bond donors (Lipinski definition) is 2. The fraction of sp³-hybridized carbons (Fsp3) is 0.429. The number of aliphatic hydroxyl groups excluding tert-OH is 1. The van der Waals surface area contributed by atoms with E-state index in [-0.39, 0.29) is 5.69 Å². The van der Waals surface area contributed by atoms with Gasteiger partial charge in [-0.25, -0.2) is 4.79 Å². The number of aromatic nitrogens is 2. The van der Waals surface area contributed by atoms with Crippen LogP contribution in [0.4, 0.5) is 0 Å². The summed E-state index contributed by atoms with van der Waals surface area (Å²) in [6, 6.07) is 1.58. The molecular weight excluding hydrogens is 160 g/mol. The van der Waals surface area contributed by atoms with E-state index in [1.165, 1.54) is 7.11 Å². The zero-order valence-corrected chi connectivity index (χ0v) is 6.87. The van der Waals surface area contributed by atoms with E-state index in [1.807, 2.05) is 0 Å². The van der Waals surface area contributed by atoms with Crippen molar-refractivity contribution >= 4 is 5.97 Å². The highest BCUT2D eigenvalue weighted by atomic mass is 16.5. The highest BCUT2D eigenvalue weighted by Crippen LogP contribution is 2.11. The SMILES string of the molecule is COC(=O)C(O)c1cc(C)[nH]n1. The fourth-order valence-electron chi connectivity index (χ4n) is 0.812. The summed E-state index contributed by atoms with van der Waals surface area (Å²) in [6.07, 6.45) is -1.29. The van der Waals surface area contributed by atoms with Crippen LogP contribution in [-0.4, -0.2) is 28.4 Å². The molecule has 1 heterocycles. The Morgan fingerprint density at radius 2 is 2.50 bits per heavy atom. The second-order valence-corrected chi connectivity index (χ2v) is 2.40. The van der Waals surface area contributed by atoms with Crippen LogP contribution in [0.1, 0.15) is 17.5 Å². The third-order valence-corrected chi connectivity index (χ3v) is 1.43. The summed E-state index contributed by atoms with van der Waals surface area (Å²) in [4.78, 5) is 10.8. The zero-order chi connectivity index (χ0) is 9.14. The predicted molar refractivity (Wildman–Crippen MR) is 40.3 cm³/mol. The highest BCUT2D eigenvalue weighted by molar-refractivity contribution is 5.75. The number of hydrogen-bond acceptors (Lipinski definition) is 4. The molecule has 0 aliphatic carbocycles. The van der Waals surface area contributed by atoms with Crippen molar-refractivity contribution < 1.29 is 14.6 Å². The van der Waals surface area contributed by atoms with Crippen molar-refractivity contribution in [2.75, 3.05) is 7.11 Å². The molecule has 0 spiro atoms. The molecular formula is C7H10N2O3. The standard InChI is InChI=1S/C7H10N2O3/c1-4-3-5(9-8-4)6(10)7(11)12-2/h3,6,10H,1-2H3,(H,8,9). The van der Waals surface area contributed by atoms with E-state index in [2.05, 4.69) is 14.9 Å². The Kier molecular flexibility index (Phi) is 2.44. The van der Waals surface area contributed by atoms with Crippen LogP contribution in [0.2, 0.25) is 0 Å². The van der Waals surface area contributed by atoms with E-state index >= 15 is 0 Å². The maximum atomic E-state index is 10.8. The third-order valence-electron chi connectivity index (χ3n) is 1.43. The molecule has 0 amide bonds. The van der Waals surface area contributed by atoms with Gasteiger partial charge < -0.3 is 9.84 Å². The minimum Gasteiger partial charge on any atom is -0.467 e. The van der Waals surface area contributed by atoms with E-state index in [4.69, 9.17) is 0 Å². The number of aromatic amines is 1. The molecule has 0 saturated carbocycles. The second kappa shape index (κ2) is 3.36. The first-order chi connectivity index (χ1) is 5.65. The highest BCUT2D eigenvalue weighted by Gasteiger charge is 2.19. The number of carbonyl (C=O) groups is 1. The van der Waals surface area contributed by atoms with Crippen LogP contribution < -0.4 is 0 Å². The number of methoxy groups -OCH3 is 1. The van der Waals surface area contributed by atoms with Crippen LogP contribution in [0.5, 0.6) is 0 Å². The number of ether oxygens (including phenoxy) is 1. The summed E-state index contributed by atoms with van der Waals surface area (Å²) >= 11 is 0. The van der Waals surface area contributed by atoms with Gasteiger partial charge in [0.15, 0.2) is 6.10 Å². The molecule has 0 aliphatic heterocycles.